The molecule has 0 saturated carbocycles. The van der Waals surface area contributed by atoms with E-state index in [4.69, 9.17) is 10.9 Å². The van der Waals surface area contributed by atoms with Crippen LogP contribution in [0.25, 0.3) is 0 Å². The lowest BCUT2D eigenvalue weighted by molar-refractivity contribution is -0.121. The van der Waals surface area contributed by atoms with E-state index in [1.54, 1.807) is 0 Å². The lowest BCUT2D eigenvalue weighted by Gasteiger charge is -2.05. The number of oxime groups is 1. The predicted molar refractivity (Wildman–Crippen MR) is 45.9 cm³/mol. The van der Waals surface area contributed by atoms with Crippen molar-refractivity contribution in [2.45, 2.75) is 20.3 Å². The van der Waals surface area contributed by atoms with Gasteiger partial charge in [-0.05, 0) is 5.92 Å². The van der Waals surface area contributed by atoms with Gasteiger partial charge in [0.05, 0.1) is 6.54 Å². The van der Waals surface area contributed by atoms with Crippen molar-refractivity contribution in [2.24, 2.45) is 16.8 Å². The van der Waals surface area contributed by atoms with Crippen LogP contribution in [0.15, 0.2) is 5.16 Å². The Bertz CT molecular complexity index is 177. The van der Waals surface area contributed by atoms with Crippen molar-refractivity contribution in [3.63, 3.8) is 0 Å². The maximum Gasteiger partial charge on any atom is 0.220 e. The molecule has 0 fully saturated rings. The van der Waals surface area contributed by atoms with Gasteiger partial charge in [-0.1, -0.05) is 19.0 Å². The second-order valence-electron chi connectivity index (χ2n) is 2.97. The monoisotopic (exact) mass is 173 g/mol. The fraction of sp³-hybridized carbons (Fsp3) is 0.714. The number of carbonyl (C=O) groups is 1. The lowest BCUT2D eigenvalue weighted by Crippen LogP contribution is -2.34. The summed E-state index contributed by atoms with van der Waals surface area (Å²) in [5, 5.41) is 13.4. The molecule has 5 nitrogen and oxygen atoms in total. The van der Waals surface area contributed by atoms with Gasteiger partial charge >= 0.3 is 0 Å². The van der Waals surface area contributed by atoms with Crippen molar-refractivity contribution in [1.29, 1.82) is 0 Å². The molecule has 0 atom stereocenters. The van der Waals surface area contributed by atoms with Crippen molar-refractivity contribution in [1.82, 2.24) is 5.32 Å². The number of hydrogen-bond acceptors (Lipinski definition) is 3. The van der Waals surface area contributed by atoms with E-state index in [1.165, 1.54) is 0 Å². The van der Waals surface area contributed by atoms with Crippen molar-refractivity contribution >= 4 is 11.7 Å². The Kier molecular flexibility index (Phi) is 4.83. The SMILES string of the molecule is CC(C)CC(=O)NC/C(N)=N/O. The van der Waals surface area contributed by atoms with Gasteiger partial charge in [0.15, 0.2) is 5.84 Å². The Morgan fingerprint density at radius 3 is 2.67 bits per heavy atom. The van der Waals surface area contributed by atoms with Crippen LogP contribution >= 0.6 is 0 Å². The molecule has 12 heavy (non-hydrogen) atoms. The van der Waals surface area contributed by atoms with E-state index in [9.17, 15) is 4.79 Å². The molecular weight excluding hydrogens is 158 g/mol. The van der Waals surface area contributed by atoms with Crippen molar-refractivity contribution in [2.75, 3.05) is 6.54 Å². The first-order valence-electron chi connectivity index (χ1n) is 3.79. The Labute approximate surface area is 71.6 Å². The molecule has 70 valence electrons. The van der Waals surface area contributed by atoms with Crippen LogP contribution in [0.5, 0.6) is 0 Å². The molecule has 1 amide bonds. The largest absolute Gasteiger partial charge is 0.409 e. The molecule has 0 radical (unpaired) electrons. The molecule has 0 aromatic carbocycles. The molecule has 0 bridgehead atoms. The van der Waals surface area contributed by atoms with E-state index < -0.39 is 0 Å². The zero-order valence-electron chi connectivity index (χ0n) is 7.37. The summed E-state index contributed by atoms with van der Waals surface area (Å²) in [6.45, 7) is 3.99. The van der Waals surface area contributed by atoms with Gasteiger partial charge in [0, 0.05) is 6.42 Å². The summed E-state index contributed by atoms with van der Waals surface area (Å²) in [6, 6.07) is 0. The standard InChI is InChI=1S/C7H15N3O2/c1-5(2)3-7(11)9-4-6(8)10-12/h5,12H,3-4H2,1-2H3,(H2,8,10)(H,9,11). The molecule has 0 aromatic rings. The lowest BCUT2D eigenvalue weighted by atomic mass is 10.1. The summed E-state index contributed by atoms with van der Waals surface area (Å²) in [5.41, 5.74) is 5.14. The minimum Gasteiger partial charge on any atom is -0.409 e. The second kappa shape index (κ2) is 5.40. The Balaban J connectivity index is 3.58. The normalized spacial score (nSPS) is 11.8. The third kappa shape index (κ3) is 5.52. The molecule has 0 spiro atoms. The van der Waals surface area contributed by atoms with Gasteiger partial charge in [-0.25, -0.2) is 0 Å². The Morgan fingerprint density at radius 1 is 1.67 bits per heavy atom. The maximum atomic E-state index is 11.0. The fourth-order valence-corrected chi connectivity index (χ4v) is 0.667. The van der Waals surface area contributed by atoms with Crippen LogP contribution in [-0.4, -0.2) is 23.5 Å². The Morgan fingerprint density at radius 2 is 2.25 bits per heavy atom. The topological polar surface area (TPSA) is 87.7 Å². The van der Waals surface area contributed by atoms with Crippen LogP contribution in [-0.2, 0) is 4.79 Å². The molecule has 0 aromatic heterocycles. The third-order valence-electron chi connectivity index (χ3n) is 1.19. The minimum absolute atomic E-state index is 0.00658. The summed E-state index contributed by atoms with van der Waals surface area (Å²) < 4.78 is 0. The van der Waals surface area contributed by atoms with Crippen molar-refractivity contribution in [3.05, 3.63) is 0 Å². The smallest absolute Gasteiger partial charge is 0.220 e. The third-order valence-corrected chi connectivity index (χ3v) is 1.19. The average Bonchev–Trinajstić information content (AvgIpc) is 1.99. The summed E-state index contributed by atoms with van der Waals surface area (Å²) in [4.78, 5) is 11.0. The van der Waals surface area contributed by atoms with Crippen LogP contribution in [0.4, 0.5) is 0 Å². The number of hydrogen-bond donors (Lipinski definition) is 3. The molecule has 0 heterocycles. The van der Waals surface area contributed by atoms with Gasteiger partial charge in [0.2, 0.25) is 5.91 Å². The quantitative estimate of drug-likeness (QED) is 0.240. The zero-order chi connectivity index (χ0) is 9.56. The van der Waals surface area contributed by atoms with E-state index in [1.807, 2.05) is 13.8 Å². The number of nitrogens with zero attached hydrogens (tertiary/aromatic N) is 1. The van der Waals surface area contributed by atoms with E-state index in [0.717, 1.165) is 0 Å². The molecule has 0 aliphatic carbocycles. The molecular formula is C7H15N3O2. The molecule has 0 saturated heterocycles. The first kappa shape index (κ1) is 10.7. The zero-order valence-corrected chi connectivity index (χ0v) is 7.37. The number of carbonyl (C=O) groups excluding carboxylic acids is 1. The highest BCUT2D eigenvalue weighted by molar-refractivity contribution is 5.86. The summed E-state index contributed by atoms with van der Waals surface area (Å²) in [5.74, 6) is 0.237. The van der Waals surface area contributed by atoms with Gasteiger partial charge in [-0.3, -0.25) is 4.79 Å². The summed E-state index contributed by atoms with van der Waals surface area (Å²) >= 11 is 0. The second-order valence-corrected chi connectivity index (χ2v) is 2.97. The maximum absolute atomic E-state index is 11.0. The van der Waals surface area contributed by atoms with Gasteiger partial charge in [-0.15, -0.1) is 0 Å². The molecule has 4 N–H and O–H groups in total. The van der Waals surface area contributed by atoms with Crippen molar-refractivity contribution in [3.8, 4) is 0 Å². The van der Waals surface area contributed by atoms with Gasteiger partial charge < -0.3 is 16.3 Å². The van der Waals surface area contributed by atoms with Crippen LogP contribution in [0.2, 0.25) is 0 Å². The number of nitrogens with one attached hydrogen (secondary N) is 1. The first-order valence-corrected chi connectivity index (χ1v) is 3.79. The molecule has 0 aliphatic rings. The number of amides is 1. The first-order chi connectivity index (χ1) is 5.56. The molecule has 0 unspecified atom stereocenters. The van der Waals surface area contributed by atoms with Crippen LogP contribution in [0.3, 0.4) is 0 Å². The number of amidine groups is 1. The van der Waals surface area contributed by atoms with Crippen molar-refractivity contribution < 1.29 is 10.0 Å². The highest BCUT2D eigenvalue weighted by Crippen LogP contribution is 1.97. The Hall–Kier alpha value is -1.26. The fourth-order valence-electron chi connectivity index (χ4n) is 0.667. The average molecular weight is 173 g/mol. The van der Waals surface area contributed by atoms with Gasteiger partial charge in [0.25, 0.3) is 0 Å². The summed E-state index contributed by atoms with van der Waals surface area (Å²) in [7, 11) is 0. The number of rotatable bonds is 4. The molecule has 0 rings (SSSR count). The molecule has 0 aliphatic heterocycles. The molecule has 5 heteroatoms. The van der Waals surface area contributed by atoms with Crippen LogP contribution < -0.4 is 11.1 Å². The highest BCUT2D eigenvalue weighted by atomic mass is 16.4. The predicted octanol–water partition coefficient (Wildman–Crippen LogP) is -0.105. The minimum atomic E-state index is -0.0865. The van der Waals surface area contributed by atoms with Crippen LogP contribution in [0, 0.1) is 5.92 Å². The van der Waals surface area contributed by atoms with E-state index in [0.29, 0.717) is 12.3 Å². The van der Waals surface area contributed by atoms with Gasteiger partial charge in [0.1, 0.15) is 0 Å². The number of nitrogens with two attached hydrogens (primary N) is 1. The van der Waals surface area contributed by atoms with E-state index in [-0.39, 0.29) is 18.3 Å². The van der Waals surface area contributed by atoms with E-state index in [2.05, 4.69) is 10.5 Å². The van der Waals surface area contributed by atoms with Crippen LogP contribution in [0.1, 0.15) is 20.3 Å². The summed E-state index contributed by atoms with van der Waals surface area (Å²) in [6.07, 6.45) is 0.457. The van der Waals surface area contributed by atoms with Gasteiger partial charge in [-0.2, -0.15) is 0 Å². The highest BCUT2D eigenvalue weighted by Gasteiger charge is 2.04. The van der Waals surface area contributed by atoms with E-state index >= 15 is 0 Å².